The van der Waals surface area contributed by atoms with Gasteiger partial charge in [0.1, 0.15) is 0 Å². The lowest BCUT2D eigenvalue weighted by Crippen LogP contribution is -2.76. The topological polar surface area (TPSA) is 32.5 Å². The van der Waals surface area contributed by atoms with Crippen molar-refractivity contribution in [1.82, 2.24) is 9.80 Å². The van der Waals surface area contributed by atoms with Gasteiger partial charge in [-0.1, -0.05) is 13.8 Å². The first-order chi connectivity index (χ1) is 6.52. The molecule has 3 nitrogen and oxygen atoms in total. The first-order valence-corrected chi connectivity index (χ1v) is 5.72. The zero-order valence-corrected chi connectivity index (χ0v) is 9.08. The Bertz CT molecular complexity index is 298. The zero-order valence-electron chi connectivity index (χ0n) is 9.08. The van der Waals surface area contributed by atoms with Crippen molar-refractivity contribution in [2.24, 2.45) is 22.0 Å². The molecule has 14 heavy (non-hydrogen) atoms. The van der Waals surface area contributed by atoms with E-state index in [1.54, 1.807) is 0 Å². The van der Waals surface area contributed by atoms with Gasteiger partial charge in [0.25, 0.3) is 0 Å². The number of rotatable bonds is 0. The summed E-state index contributed by atoms with van der Waals surface area (Å²) in [5.74, 6) is 0. The van der Waals surface area contributed by atoms with Gasteiger partial charge in [-0.2, -0.15) is 0 Å². The predicted molar refractivity (Wildman–Crippen MR) is 54.6 cm³/mol. The fourth-order valence-electron chi connectivity index (χ4n) is 5.43. The van der Waals surface area contributed by atoms with E-state index >= 15 is 0 Å². The molecule has 3 heterocycles. The minimum Gasteiger partial charge on any atom is -0.327 e. The van der Waals surface area contributed by atoms with Crippen LogP contribution in [-0.2, 0) is 0 Å². The Morgan fingerprint density at radius 1 is 1.00 bits per heavy atom. The van der Waals surface area contributed by atoms with Gasteiger partial charge in [-0.05, 0) is 0 Å². The van der Waals surface area contributed by atoms with E-state index in [1.807, 2.05) is 0 Å². The minimum absolute atomic E-state index is 0.410. The Balaban J connectivity index is 1.95. The second-order valence-corrected chi connectivity index (χ2v) is 6.51. The second-order valence-electron chi connectivity index (χ2n) is 6.51. The first-order valence-electron chi connectivity index (χ1n) is 5.72. The van der Waals surface area contributed by atoms with Crippen LogP contribution < -0.4 is 5.73 Å². The quantitative estimate of drug-likeness (QED) is 0.584. The van der Waals surface area contributed by atoms with Crippen molar-refractivity contribution in [2.75, 3.05) is 32.8 Å². The zero-order chi connectivity index (χ0) is 9.77. The van der Waals surface area contributed by atoms with Crippen LogP contribution in [0.15, 0.2) is 0 Å². The summed E-state index contributed by atoms with van der Waals surface area (Å²) < 4.78 is 0. The fourth-order valence-corrected chi connectivity index (χ4v) is 5.43. The van der Waals surface area contributed by atoms with Crippen LogP contribution >= 0.6 is 0 Å². The van der Waals surface area contributed by atoms with Gasteiger partial charge in [0.05, 0.1) is 6.67 Å². The van der Waals surface area contributed by atoms with Crippen LogP contribution in [0.4, 0.5) is 0 Å². The van der Waals surface area contributed by atoms with Crippen molar-refractivity contribution in [3.8, 4) is 0 Å². The van der Waals surface area contributed by atoms with E-state index in [0.717, 1.165) is 0 Å². The maximum Gasteiger partial charge on any atom is 0.0507 e. The molecule has 3 heteroatoms. The summed E-state index contributed by atoms with van der Waals surface area (Å²) >= 11 is 0. The Hall–Kier alpha value is -0.120. The summed E-state index contributed by atoms with van der Waals surface area (Å²) in [4.78, 5) is 5.23. The summed E-state index contributed by atoms with van der Waals surface area (Å²) in [6, 6.07) is 0.422. The minimum atomic E-state index is 0.410. The number of nitrogens with zero attached hydrogens (tertiary/aromatic N) is 2. The Kier molecular flexibility index (Phi) is 1.03. The maximum absolute atomic E-state index is 6.44. The highest BCUT2D eigenvalue weighted by molar-refractivity contribution is 5.33. The molecule has 0 radical (unpaired) electrons. The molecule has 3 aliphatic heterocycles. The van der Waals surface area contributed by atoms with Crippen LogP contribution in [0.25, 0.3) is 0 Å². The summed E-state index contributed by atoms with van der Waals surface area (Å²) in [5, 5.41) is 0. The van der Waals surface area contributed by atoms with E-state index in [-0.39, 0.29) is 0 Å². The molecule has 4 rings (SSSR count). The van der Waals surface area contributed by atoms with Gasteiger partial charge in [0, 0.05) is 48.5 Å². The van der Waals surface area contributed by atoms with E-state index in [4.69, 9.17) is 5.73 Å². The van der Waals surface area contributed by atoms with Crippen LogP contribution in [0, 0.1) is 16.2 Å². The standard InChI is InChI=1S/C11H19N3/c1-9-3-13-5-11(9)6-14(7-13)4-10(11,2)8(9)12/h8H,3-7,12H2,1-2H3/t9-,10-,11?/m0/s1. The van der Waals surface area contributed by atoms with Crippen molar-refractivity contribution in [3.05, 3.63) is 0 Å². The van der Waals surface area contributed by atoms with Gasteiger partial charge >= 0.3 is 0 Å². The monoisotopic (exact) mass is 193 g/mol. The lowest BCUT2D eigenvalue weighted by atomic mass is 9.37. The normalized spacial score (nSPS) is 73.5. The van der Waals surface area contributed by atoms with Gasteiger partial charge in [0.15, 0.2) is 0 Å². The van der Waals surface area contributed by atoms with Crippen LogP contribution in [0.5, 0.6) is 0 Å². The number of fused-ring (bicyclic) bond motifs is 2. The predicted octanol–water partition coefficient (Wildman–Crippen LogP) is -0.0714. The molecule has 1 saturated carbocycles. The van der Waals surface area contributed by atoms with Crippen LogP contribution in [-0.4, -0.2) is 48.7 Å². The first kappa shape index (κ1) is 8.08. The third-order valence-electron chi connectivity index (χ3n) is 6.05. The molecule has 2 unspecified atom stereocenters. The van der Waals surface area contributed by atoms with Crippen molar-refractivity contribution >= 4 is 0 Å². The Morgan fingerprint density at radius 2 is 1.50 bits per heavy atom. The third-order valence-corrected chi connectivity index (χ3v) is 6.05. The smallest absolute Gasteiger partial charge is 0.0507 e. The third kappa shape index (κ3) is 0.484. The van der Waals surface area contributed by atoms with Gasteiger partial charge in [-0.15, -0.1) is 0 Å². The largest absolute Gasteiger partial charge is 0.327 e. The van der Waals surface area contributed by atoms with Crippen molar-refractivity contribution in [2.45, 2.75) is 19.9 Å². The van der Waals surface area contributed by atoms with Crippen LogP contribution in [0.2, 0.25) is 0 Å². The van der Waals surface area contributed by atoms with Crippen molar-refractivity contribution < 1.29 is 0 Å². The lowest BCUT2D eigenvalue weighted by Gasteiger charge is -2.67. The molecular weight excluding hydrogens is 174 g/mol. The molecule has 1 aliphatic carbocycles. The van der Waals surface area contributed by atoms with Gasteiger partial charge in [-0.3, -0.25) is 9.80 Å². The molecule has 2 N–H and O–H groups in total. The summed E-state index contributed by atoms with van der Waals surface area (Å²) in [6.07, 6.45) is 0. The summed E-state index contributed by atoms with van der Waals surface area (Å²) in [7, 11) is 0. The molecule has 0 aromatic heterocycles. The van der Waals surface area contributed by atoms with Crippen molar-refractivity contribution in [1.29, 1.82) is 0 Å². The van der Waals surface area contributed by atoms with Gasteiger partial charge in [-0.25, -0.2) is 0 Å². The summed E-state index contributed by atoms with van der Waals surface area (Å²) in [6.45, 7) is 11.1. The molecule has 4 atom stereocenters. The Morgan fingerprint density at radius 3 is 2.00 bits per heavy atom. The lowest BCUT2D eigenvalue weighted by molar-refractivity contribution is -0.151. The van der Waals surface area contributed by atoms with E-state index in [1.165, 1.54) is 32.8 Å². The highest BCUT2D eigenvalue weighted by Crippen LogP contribution is 2.74. The van der Waals surface area contributed by atoms with Gasteiger partial charge in [0.2, 0.25) is 0 Å². The van der Waals surface area contributed by atoms with Gasteiger partial charge < -0.3 is 5.73 Å². The second kappa shape index (κ2) is 1.79. The highest BCUT2D eigenvalue weighted by atomic mass is 15.4. The fraction of sp³-hybridized carbons (Fsp3) is 1.00. The molecule has 0 amide bonds. The van der Waals surface area contributed by atoms with E-state index < -0.39 is 0 Å². The molecule has 1 spiro atoms. The average Bonchev–Trinajstić information content (AvgIpc) is 2.44. The molecule has 3 bridgehead atoms. The van der Waals surface area contributed by atoms with E-state index in [9.17, 15) is 0 Å². The van der Waals surface area contributed by atoms with Crippen LogP contribution in [0.1, 0.15) is 13.8 Å². The number of hydrogen-bond acceptors (Lipinski definition) is 3. The molecule has 4 aliphatic rings. The molecule has 4 fully saturated rings. The van der Waals surface area contributed by atoms with Crippen LogP contribution in [0.3, 0.4) is 0 Å². The number of hydrogen-bond donors (Lipinski definition) is 1. The molecule has 3 saturated heterocycles. The highest BCUT2D eigenvalue weighted by Gasteiger charge is 2.81. The average molecular weight is 193 g/mol. The molecule has 78 valence electrons. The molecular formula is C11H19N3. The van der Waals surface area contributed by atoms with Crippen molar-refractivity contribution in [3.63, 3.8) is 0 Å². The number of nitrogens with two attached hydrogens (primary N) is 1. The van der Waals surface area contributed by atoms with E-state index in [0.29, 0.717) is 22.3 Å². The maximum atomic E-state index is 6.44. The Labute approximate surface area is 85.2 Å². The molecule has 0 aromatic carbocycles. The molecule has 0 aromatic rings. The summed E-state index contributed by atoms with van der Waals surface area (Å²) in [5.41, 5.74) is 7.80. The SMILES string of the molecule is C[C@@]12CN3CN4CC1(C3)[C@@](C)(C4)C2N. The van der Waals surface area contributed by atoms with E-state index in [2.05, 4.69) is 23.6 Å².